The number of rotatable bonds is 8. The summed E-state index contributed by atoms with van der Waals surface area (Å²) in [6.07, 6.45) is 16.8. The van der Waals surface area contributed by atoms with Crippen LogP contribution in [0.1, 0.15) is 100 Å². The van der Waals surface area contributed by atoms with Crippen molar-refractivity contribution in [3.8, 4) is 0 Å². The van der Waals surface area contributed by atoms with Crippen molar-refractivity contribution >= 4 is 11.9 Å². The molecule has 0 radical (unpaired) electrons. The van der Waals surface area contributed by atoms with Crippen LogP contribution in [0, 0.1) is 24.6 Å². The number of carbonyl (C=O) groups excluding carboxylic acids is 1. The molecule has 2 aliphatic carbocycles. The molecule has 0 amide bonds. The van der Waals surface area contributed by atoms with Gasteiger partial charge in [0.15, 0.2) is 0 Å². The van der Waals surface area contributed by atoms with E-state index in [1.165, 1.54) is 45.5 Å². The topological polar surface area (TPSA) is 17.1 Å². The van der Waals surface area contributed by atoms with Crippen LogP contribution in [-0.4, -0.2) is 5.78 Å². The summed E-state index contributed by atoms with van der Waals surface area (Å²) in [4.78, 5) is 13.3. The van der Waals surface area contributed by atoms with Gasteiger partial charge in [-0.15, -0.1) is 0 Å². The Hall–Kier alpha value is -3.00. The zero-order chi connectivity index (χ0) is 27.2. The third-order valence-electron chi connectivity index (χ3n) is 8.71. The molecule has 38 heavy (non-hydrogen) atoms. The van der Waals surface area contributed by atoms with Gasteiger partial charge in [-0.05, 0) is 116 Å². The molecule has 0 aliphatic heterocycles. The monoisotopic (exact) mass is 510 g/mol. The Kier molecular flexibility index (Phi) is 9.36. The summed E-state index contributed by atoms with van der Waals surface area (Å²) in [7, 11) is 0. The third-order valence-corrected chi connectivity index (χ3v) is 8.71. The predicted octanol–water partition coefficient (Wildman–Crippen LogP) is 10.0. The van der Waals surface area contributed by atoms with Gasteiger partial charge in [0.25, 0.3) is 0 Å². The smallest absolute Gasteiger partial charge is 0.136 e. The summed E-state index contributed by atoms with van der Waals surface area (Å²) in [6, 6.07) is 13.4. The van der Waals surface area contributed by atoms with Crippen molar-refractivity contribution in [3.05, 3.63) is 112 Å². The summed E-state index contributed by atoms with van der Waals surface area (Å²) in [6.45, 7) is 11.0. The summed E-state index contributed by atoms with van der Waals surface area (Å²) in [5.41, 5.74) is 9.14. The van der Waals surface area contributed by atoms with E-state index in [1.807, 2.05) is 12.1 Å². The van der Waals surface area contributed by atoms with Crippen LogP contribution in [0.3, 0.4) is 0 Å². The highest BCUT2D eigenvalue weighted by molar-refractivity contribution is 5.81. The fraction of sp³-hybridized carbons (Fsp3) is 0.417. The minimum Gasteiger partial charge on any atom is -0.299 e. The molecule has 0 spiro atoms. The van der Waals surface area contributed by atoms with Crippen LogP contribution in [0.5, 0.6) is 0 Å². The van der Waals surface area contributed by atoms with Gasteiger partial charge in [0.05, 0.1) is 0 Å². The summed E-state index contributed by atoms with van der Waals surface area (Å²) < 4.78 is 13.3. The van der Waals surface area contributed by atoms with Gasteiger partial charge >= 0.3 is 0 Å². The van der Waals surface area contributed by atoms with Crippen LogP contribution in [0.4, 0.5) is 4.39 Å². The number of aryl methyl sites for hydroxylation is 1. The minimum atomic E-state index is -0.212. The van der Waals surface area contributed by atoms with Crippen LogP contribution >= 0.6 is 0 Å². The fourth-order valence-electron chi connectivity index (χ4n) is 6.26. The molecule has 0 N–H and O–H groups in total. The quantitative estimate of drug-likeness (QED) is 0.345. The van der Waals surface area contributed by atoms with Gasteiger partial charge in [-0.25, -0.2) is 4.39 Å². The van der Waals surface area contributed by atoms with Crippen molar-refractivity contribution in [2.24, 2.45) is 11.8 Å². The Labute approximate surface area is 229 Å². The average molecular weight is 511 g/mol. The lowest BCUT2D eigenvalue weighted by Crippen LogP contribution is -2.29. The molecule has 0 aromatic heterocycles. The van der Waals surface area contributed by atoms with Crippen molar-refractivity contribution in [1.82, 2.24) is 0 Å². The molecule has 2 aromatic rings. The van der Waals surface area contributed by atoms with E-state index in [9.17, 15) is 9.18 Å². The largest absolute Gasteiger partial charge is 0.299 e. The van der Waals surface area contributed by atoms with Gasteiger partial charge < -0.3 is 0 Å². The highest BCUT2D eigenvalue weighted by atomic mass is 19.1. The van der Waals surface area contributed by atoms with E-state index in [0.717, 1.165) is 37.7 Å². The number of hydrogen-bond acceptors (Lipinski definition) is 1. The molecule has 2 heteroatoms. The number of benzene rings is 2. The second-order valence-electron chi connectivity index (χ2n) is 11.7. The molecule has 200 valence electrons. The Balaban J connectivity index is 1.43. The van der Waals surface area contributed by atoms with Crippen LogP contribution in [0.25, 0.3) is 6.08 Å². The average Bonchev–Trinajstić information content (AvgIpc) is 3.13. The molecule has 0 saturated heterocycles. The summed E-state index contributed by atoms with van der Waals surface area (Å²) >= 11 is 0. The van der Waals surface area contributed by atoms with E-state index < -0.39 is 0 Å². The maximum atomic E-state index is 13.3. The number of ketones is 1. The Morgan fingerprint density at radius 3 is 2.61 bits per heavy atom. The first-order valence-corrected chi connectivity index (χ1v) is 14.3. The molecule has 4 rings (SSSR count). The zero-order valence-electron chi connectivity index (χ0n) is 23.8. The molecule has 1 saturated carbocycles. The molecular formula is C36H43FO. The Morgan fingerprint density at radius 1 is 1.11 bits per heavy atom. The van der Waals surface area contributed by atoms with Gasteiger partial charge in [-0.1, -0.05) is 80.1 Å². The van der Waals surface area contributed by atoms with Crippen LogP contribution in [0.2, 0.25) is 0 Å². The fourth-order valence-corrected chi connectivity index (χ4v) is 6.26. The molecule has 0 bridgehead atoms. The van der Waals surface area contributed by atoms with Crippen molar-refractivity contribution in [2.45, 2.75) is 85.0 Å². The molecule has 1 nitrogen and oxygen atoms in total. The molecular weight excluding hydrogens is 467 g/mol. The van der Waals surface area contributed by atoms with Crippen molar-refractivity contribution in [3.63, 3.8) is 0 Å². The maximum absolute atomic E-state index is 13.3. The molecule has 0 heterocycles. The lowest BCUT2D eigenvalue weighted by Gasteiger charge is -2.34. The van der Waals surface area contributed by atoms with Crippen LogP contribution in [0.15, 0.2) is 83.5 Å². The summed E-state index contributed by atoms with van der Waals surface area (Å²) in [5, 5.41) is 0. The SMILES string of the molecule is CC1=CC(/C(C)=C/c2c(C)cccc2C2CCC(C(=O)CC[C@@H](C)c3ccc(F)cc3)[C@H](C)C2)=CC=CC1. The number of allylic oxidation sites excluding steroid dienone is 7. The Morgan fingerprint density at radius 2 is 1.87 bits per heavy atom. The molecule has 4 atom stereocenters. The van der Waals surface area contributed by atoms with Gasteiger partial charge in [0.1, 0.15) is 11.6 Å². The number of carbonyl (C=O) groups is 1. The first kappa shape index (κ1) is 28.0. The highest BCUT2D eigenvalue weighted by Gasteiger charge is 2.33. The predicted molar refractivity (Wildman–Crippen MR) is 159 cm³/mol. The van der Waals surface area contributed by atoms with E-state index in [1.54, 1.807) is 0 Å². The second-order valence-corrected chi connectivity index (χ2v) is 11.7. The summed E-state index contributed by atoms with van der Waals surface area (Å²) in [5.74, 6) is 1.45. The van der Waals surface area contributed by atoms with Crippen molar-refractivity contribution in [2.75, 3.05) is 0 Å². The Bertz CT molecular complexity index is 1260. The van der Waals surface area contributed by atoms with Gasteiger partial charge in [0, 0.05) is 12.3 Å². The van der Waals surface area contributed by atoms with Crippen LogP contribution in [-0.2, 0) is 4.79 Å². The highest BCUT2D eigenvalue weighted by Crippen LogP contribution is 2.42. The minimum absolute atomic E-state index is 0.147. The normalized spacial score (nSPS) is 22.9. The second kappa shape index (κ2) is 12.7. The standard InChI is InChI=1S/C36H43FO/c1-24-9-6-7-11-30(21-24)27(4)23-35-26(3)10-8-12-34(35)31-16-19-33(28(5)22-31)36(38)20-13-25(2)29-14-17-32(37)18-15-29/h6-8,10-12,14-15,17-18,21,23,25,28,31,33H,9,13,16,19-20,22H2,1-5H3/b27-23+/t25-,28-,31?,33?/m1/s1. The lowest BCUT2D eigenvalue weighted by atomic mass is 9.69. The number of halogens is 1. The first-order valence-electron chi connectivity index (χ1n) is 14.3. The van der Waals surface area contributed by atoms with E-state index >= 15 is 0 Å². The first-order chi connectivity index (χ1) is 18.2. The van der Waals surface area contributed by atoms with Crippen molar-refractivity contribution < 1.29 is 9.18 Å². The van der Waals surface area contributed by atoms with Gasteiger partial charge in [-0.3, -0.25) is 4.79 Å². The van der Waals surface area contributed by atoms with Crippen molar-refractivity contribution in [1.29, 1.82) is 0 Å². The molecule has 2 aromatic carbocycles. The van der Waals surface area contributed by atoms with Gasteiger partial charge in [-0.2, -0.15) is 0 Å². The number of hydrogen-bond donors (Lipinski definition) is 0. The molecule has 2 unspecified atom stereocenters. The molecule has 1 fully saturated rings. The molecule has 2 aliphatic rings. The van der Waals surface area contributed by atoms with Crippen LogP contribution < -0.4 is 0 Å². The zero-order valence-corrected chi connectivity index (χ0v) is 23.8. The van der Waals surface area contributed by atoms with E-state index in [2.05, 4.69) is 83.2 Å². The number of Topliss-reactive ketones (excluding diaryl/α,β-unsaturated/α-hetero) is 1. The lowest BCUT2D eigenvalue weighted by molar-refractivity contribution is -0.125. The van der Waals surface area contributed by atoms with E-state index in [-0.39, 0.29) is 17.7 Å². The van der Waals surface area contributed by atoms with E-state index in [0.29, 0.717) is 24.0 Å². The maximum Gasteiger partial charge on any atom is 0.136 e. The van der Waals surface area contributed by atoms with E-state index in [4.69, 9.17) is 0 Å². The van der Waals surface area contributed by atoms with Gasteiger partial charge in [0.2, 0.25) is 0 Å². The third kappa shape index (κ3) is 6.90.